The van der Waals surface area contributed by atoms with Crippen molar-refractivity contribution in [3.05, 3.63) is 47.5 Å². The summed E-state index contributed by atoms with van der Waals surface area (Å²) < 4.78 is 10.6. The van der Waals surface area contributed by atoms with Crippen molar-refractivity contribution >= 4 is 17.8 Å². The first-order valence-electron chi connectivity index (χ1n) is 7.48. The molecule has 3 aliphatic rings. The van der Waals surface area contributed by atoms with Crippen LogP contribution in [0, 0.1) is 11.8 Å². The minimum Gasteiger partial charge on any atom is -0.469 e. The summed E-state index contributed by atoms with van der Waals surface area (Å²) in [5.74, 6) is -1.77. The van der Waals surface area contributed by atoms with Gasteiger partial charge in [0.2, 0.25) is 0 Å². The smallest absolute Gasteiger partial charge is 0.312 e. The van der Waals surface area contributed by atoms with Crippen LogP contribution in [-0.4, -0.2) is 48.5 Å². The second kappa shape index (κ2) is 5.03. The summed E-state index contributed by atoms with van der Waals surface area (Å²) in [7, 11) is 1.33. The molecule has 0 aliphatic carbocycles. The van der Waals surface area contributed by atoms with E-state index in [0.29, 0.717) is 11.1 Å². The van der Waals surface area contributed by atoms with E-state index in [4.69, 9.17) is 9.47 Å². The van der Waals surface area contributed by atoms with Crippen LogP contribution >= 0.6 is 0 Å². The van der Waals surface area contributed by atoms with Gasteiger partial charge in [0.25, 0.3) is 11.8 Å². The molecule has 1 aromatic carbocycles. The van der Waals surface area contributed by atoms with E-state index < -0.39 is 5.92 Å². The SMILES string of the molecule is COC(=O)C1C2C=CC(O2)C1CN1C(=O)c2ccccc2C1=O. The van der Waals surface area contributed by atoms with Crippen molar-refractivity contribution in [2.75, 3.05) is 13.7 Å². The van der Waals surface area contributed by atoms with E-state index in [1.165, 1.54) is 12.0 Å². The first-order chi connectivity index (χ1) is 11.1. The quantitative estimate of drug-likeness (QED) is 0.473. The predicted molar refractivity (Wildman–Crippen MR) is 78.6 cm³/mol. The summed E-state index contributed by atoms with van der Waals surface area (Å²) in [6.45, 7) is 0.150. The molecule has 0 spiro atoms. The summed E-state index contributed by atoms with van der Waals surface area (Å²) in [6.07, 6.45) is 3.11. The number of rotatable bonds is 3. The number of methoxy groups -OCH3 is 1. The van der Waals surface area contributed by atoms with Gasteiger partial charge in [-0.05, 0) is 12.1 Å². The molecule has 3 heterocycles. The van der Waals surface area contributed by atoms with Gasteiger partial charge in [-0.3, -0.25) is 19.3 Å². The third-order valence-electron chi connectivity index (χ3n) is 4.79. The highest BCUT2D eigenvalue weighted by atomic mass is 16.5. The second-order valence-corrected chi connectivity index (χ2v) is 5.93. The lowest BCUT2D eigenvalue weighted by atomic mass is 9.82. The molecule has 1 saturated heterocycles. The van der Waals surface area contributed by atoms with Crippen LogP contribution in [0.3, 0.4) is 0 Å². The second-order valence-electron chi connectivity index (χ2n) is 5.93. The molecule has 23 heavy (non-hydrogen) atoms. The van der Waals surface area contributed by atoms with Gasteiger partial charge in [-0.1, -0.05) is 24.3 Å². The first kappa shape index (κ1) is 14.1. The monoisotopic (exact) mass is 313 g/mol. The van der Waals surface area contributed by atoms with E-state index >= 15 is 0 Å². The normalized spacial score (nSPS) is 30.9. The van der Waals surface area contributed by atoms with Crippen LogP contribution < -0.4 is 0 Å². The van der Waals surface area contributed by atoms with E-state index in [1.54, 1.807) is 24.3 Å². The third-order valence-corrected chi connectivity index (χ3v) is 4.79. The third kappa shape index (κ3) is 1.95. The lowest BCUT2D eigenvalue weighted by Gasteiger charge is -2.26. The number of carbonyl (C=O) groups excluding carboxylic acids is 3. The topological polar surface area (TPSA) is 72.9 Å². The molecular formula is C17H15NO5. The van der Waals surface area contributed by atoms with E-state index in [2.05, 4.69) is 0 Å². The molecule has 0 saturated carbocycles. The molecule has 6 nitrogen and oxygen atoms in total. The highest BCUT2D eigenvalue weighted by Gasteiger charge is 2.52. The minimum absolute atomic E-state index is 0.150. The van der Waals surface area contributed by atoms with Crippen LogP contribution in [-0.2, 0) is 14.3 Å². The van der Waals surface area contributed by atoms with E-state index in [9.17, 15) is 14.4 Å². The Hall–Kier alpha value is -2.47. The summed E-state index contributed by atoms with van der Waals surface area (Å²) in [4.78, 5) is 38.2. The molecule has 1 aromatic rings. The number of ether oxygens (including phenoxy) is 2. The zero-order chi connectivity index (χ0) is 16.1. The van der Waals surface area contributed by atoms with Crippen molar-refractivity contribution in [1.82, 2.24) is 4.90 Å². The number of imide groups is 1. The van der Waals surface area contributed by atoms with Crippen molar-refractivity contribution in [1.29, 1.82) is 0 Å². The molecule has 3 aliphatic heterocycles. The summed E-state index contributed by atoms with van der Waals surface area (Å²) in [5.41, 5.74) is 0.818. The van der Waals surface area contributed by atoms with Gasteiger partial charge < -0.3 is 9.47 Å². The van der Waals surface area contributed by atoms with Gasteiger partial charge in [-0.25, -0.2) is 0 Å². The molecule has 0 N–H and O–H groups in total. The Bertz CT molecular complexity index is 705. The molecule has 1 fully saturated rings. The lowest BCUT2D eigenvalue weighted by Crippen LogP contribution is -2.42. The Morgan fingerprint density at radius 1 is 1.13 bits per heavy atom. The van der Waals surface area contributed by atoms with Gasteiger partial charge in [-0.15, -0.1) is 0 Å². The van der Waals surface area contributed by atoms with Crippen molar-refractivity contribution in [3.8, 4) is 0 Å². The van der Waals surface area contributed by atoms with Crippen LogP contribution in [0.5, 0.6) is 0 Å². The number of amides is 2. The minimum atomic E-state index is -0.487. The number of benzene rings is 1. The Balaban J connectivity index is 1.61. The number of hydrogen-bond donors (Lipinski definition) is 0. The Morgan fingerprint density at radius 2 is 1.74 bits per heavy atom. The van der Waals surface area contributed by atoms with Crippen molar-refractivity contribution in [3.63, 3.8) is 0 Å². The van der Waals surface area contributed by atoms with Crippen molar-refractivity contribution in [2.24, 2.45) is 11.8 Å². The van der Waals surface area contributed by atoms with Crippen molar-refractivity contribution < 1.29 is 23.9 Å². The summed E-state index contributed by atoms with van der Waals surface area (Å²) >= 11 is 0. The highest BCUT2D eigenvalue weighted by Crippen LogP contribution is 2.41. The van der Waals surface area contributed by atoms with Crippen LogP contribution in [0.2, 0.25) is 0 Å². The number of carbonyl (C=O) groups is 3. The fourth-order valence-electron chi connectivity index (χ4n) is 3.67. The van der Waals surface area contributed by atoms with Crippen molar-refractivity contribution in [2.45, 2.75) is 12.2 Å². The summed E-state index contributed by atoms with van der Waals surface area (Å²) in [6, 6.07) is 6.75. The van der Waals surface area contributed by atoms with Crippen LogP contribution in [0.4, 0.5) is 0 Å². The van der Waals surface area contributed by atoms with Gasteiger partial charge in [0.15, 0.2) is 0 Å². The molecule has 4 atom stereocenters. The Kier molecular flexibility index (Phi) is 3.09. The van der Waals surface area contributed by atoms with Gasteiger partial charge in [0.05, 0.1) is 36.4 Å². The maximum atomic E-state index is 12.5. The molecule has 6 heteroatoms. The van der Waals surface area contributed by atoms with E-state index in [-0.39, 0.29) is 42.5 Å². The molecule has 118 valence electrons. The Labute approximate surface area is 132 Å². The maximum Gasteiger partial charge on any atom is 0.312 e. The largest absolute Gasteiger partial charge is 0.469 e. The number of esters is 1. The van der Waals surface area contributed by atoms with Crippen LogP contribution in [0.25, 0.3) is 0 Å². The molecular weight excluding hydrogens is 298 g/mol. The lowest BCUT2D eigenvalue weighted by molar-refractivity contribution is -0.147. The maximum absolute atomic E-state index is 12.5. The molecule has 2 amide bonds. The summed E-state index contributed by atoms with van der Waals surface area (Å²) in [5, 5.41) is 0. The van der Waals surface area contributed by atoms with Crippen LogP contribution in [0.15, 0.2) is 36.4 Å². The predicted octanol–water partition coefficient (Wildman–Crippen LogP) is 1.03. The highest BCUT2D eigenvalue weighted by molar-refractivity contribution is 6.21. The number of hydrogen-bond acceptors (Lipinski definition) is 5. The van der Waals surface area contributed by atoms with Gasteiger partial charge >= 0.3 is 5.97 Å². The molecule has 4 unspecified atom stereocenters. The average Bonchev–Trinajstić information content (AvgIpc) is 3.24. The number of fused-ring (bicyclic) bond motifs is 3. The number of nitrogens with zero attached hydrogens (tertiary/aromatic N) is 1. The zero-order valence-corrected chi connectivity index (χ0v) is 12.5. The van der Waals surface area contributed by atoms with Gasteiger partial charge in [0, 0.05) is 12.5 Å². The average molecular weight is 313 g/mol. The van der Waals surface area contributed by atoms with Crippen LogP contribution in [0.1, 0.15) is 20.7 Å². The van der Waals surface area contributed by atoms with Gasteiger partial charge in [-0.2, -0.15) is 0 Å². The zero-order valence-electron chi connectivity index (χ0n) is 12.5. The Morgan fingerprint density at radius 3 is 2.35 bits per heavy atom. The molecule has 0 radical (unpaired) electrons. The standard InChI is InChI=1S/C17H15NO5/c1-22-17(21)14-11(12-6-7-13(14)23-12)8-18-15(19)9-4-2-3-5-10(9)16(18)20/h2-7,11-14H,8H2,1H3. The molecule has 4 rings (SSSR count). The molecule has 2 bridgehead atoms. The molecule has 0 aromatic heterocycles. The fraction of sp³-hybridized carbons (Fsp3) is 0.353. The van der Waals surface area contributed by atoms with Gasteiger partial charge in [0.1, 0.15) is 0 Å². The van der Waals surface area contributed by atoms with E-state index in [1.807, 2.05) is 12.2 Å². The fourth-order valence-corrected chi connectivity index (χ4v) is 3.67. The van der Waals surface area contributed by atoms with E-state index in [0.717, 1.165) is 0 Å². The first-order valence-corrected chi connectivity index (χ1v) is 7.48.